The summed E-state index contributed by atoms with van der Waals surface area (Å²) < 4.78 is 5.84. The van der Waals surface area contributed by atoms with Gasteiger partial charge in [0.25, 0.3) is 0 Å². The molecule has 0 aromatic heterocycles. The smallest absolute Gasteiger partial charge is 0.0713 e. The molecule has 1 heterocycles. The highest BCUT2D eigenvalue weighted by Gasteiger charge is 2.49. The van der Waals surface area contributed by atoms with E-state index in [1.54, 1.807) is 0 Å². The average Bonchev–Trinajstić information content (AvgIpc) is 2.67. The number of aliphatic hydroxyl groups excluding tert-OH is 1. The van der Waals surface area contributed by atoms with Gasteiger partial charge in [0.05, 0.1) is 17.8 Å². The molecule has 2 unspecified atom stereocenters. The van der Waals surface area contributed by atoms with Crippen molar-refractivity contribution in [3.63, 3.8) is 0 Å². The van der Waals surface area contributed by atoms with E-state index in [1.807, 2.05) is 0 Å². The Morgan fingerprint density at radius 3 is 2.82 bits per heavy atom. The molecule has 0 aromatic rings. The maximum absolute atomic E-state index is 9.51. The maximum Gasteiger partial charge on any atom is 0.0713 e. The van der Waals surface area contributed by atoms with Crippen LogP contribution in [0, 0.1) is 0 Å². The predicted octanol–water partition coefficient (Wildman–Crippen LogP) is 1.47. The van der Waals surface area contributed by atoms with E-state index in [4.69, 9.17) is 4.74 Å². The molecule has 2 rings (SSSR count). The van der Waals surface area contributed by atoms with Crippen molar-refractivity contribution in [3.8, 4) is 0 Å². The lowest BCUT2D eigenvalue weighted by atomic mass is 9.98. The molecule has 2 aliphatic rings. The maximum atomic E-state index is 9.51. The van der Waals surface area contributed by atoms with E-state index in [2.05, 4.69) is 6.92 Å². The summed E-state index contributed by atoms with van der Waals surface area (Å²) in [5, 5.41) is 9.51. The lowest BCUT2D eigenvalue weighted by molar-refractivity contribution is -0.111. The van der Waals surface area contributed by atoms with Gasteiger partial charge in [-0.1, -0.05) is 6.92 Å². The Bertz CT molecular complexity index is 152. The van der Waals surface area contributed by atoms with Crippen LogP contribution in [-0.4, -0.2) is 22.9 Å². The molecule has 1 aliphatic heterocycles. The fraction of sp³-hybridized carbons (Fsp3) is 1.00. The molecule has 64 valence electrons. The van der Waals surface area contributed by atoms with Crippen LogP contribution in [0.15, 0.2) is 0 Å². The summed E-state index contributed by atoms with van der Waals surface area (Å²) in [7, 11) is 0. The molecule has 11 heavy (non-hydrogen) atoms. The summed E-state index contributed by atoms with van der Waals surface area (Å²) in [6.07, 6.45) is 5.32. The molecule has 1 saturated carbocycles. The first-order chi connectivity index (χ1) is 5.24. The second-order valence-corrected chi connectivity index (χ2v) is 3.92. The molecule has 1 spiro atoms. The highest BCUT2D eigenvalue weighted by atomic mass is 16.5. The zero-order chi connectivity index (χ0) is 7.90. The summed E-state index contributed by atoms with van der Waals surface area (Å²) in [6.45, 7) is 2.12. The second-order valence-electron chi connectivity index (χ2n) is 3.92. The van der Waals surface area contributed by atoms with Crippen LogP contribution in [0.1, 0.15) is 39.0 Å². The van der Waals surface area contributed by atoms with Crippen molar-refractivity contribution in [2.75, 3.05) is 0 Å². The Morgan fingerprint density at radius 2 is 2.27 bits per heavy atom. The molecule has 1 aliphatic carbocycles. The number of hydrogen-bond donors (Lipinski definition) is 1. The van der Waals surface area contributed by atoms with Crippen molar-refractivity contribution in [1.29, 1.82) is 0 Å². The van der Waals surface area contributed by atoms with Gasteiger partial charge in [-0.2, -0.15) is 0 Å². The third-order valence-corrected chi connectivity index (χ3v) is 2.82. The molecule has 0 radical (unpaired) electrons. The van der Waals surface area contributed by atoms with Gasteiger partial charge in [-0.25, -0.2) is 0 Å². The van der Waals surface area contributed by atoms with Gasteiger partial charge >= 0.3 is 0 Å². The molecule has 0 bridgehead atoms. The van der Waals surface area contributed by atoms with Crippen molar-refractivity contribution in [1.82, 2.24) is 0 Å². The van der Waals surface area contributed by atoms with Crippen LogP contribution in [-0.2, 0) is 4.74 Å². The lowest BCUT2D eigenvalue weighted by Gasteiger charge is -2.32. The summed E-state index contributed by atoms with van der Waals surface area (Å²) >= 11 is 0. The van der Waals surface area contributed by atoms with E-state index in [1.165, 1.54) is 12.8 Å². The molecule has 2 atom stereocenters. The van der Waals surface area contributed by atoms with Crippen LogP contribution >= 0.6 is 0 Å². The zero-order valence-electron chi connectivity index (χ0n) is 7.05. The first-order valence-corrected chi connectivity index (χ1v) is 4.60. The summed E-state index contributed by atoms with van der Waals surface area (Å²) in [6, 6.07) is 0. The van der Waals surface area contributed by atoms with Crippen LogP contribution in [0.25, 0.3) is 0 Å². The lowest BCUT2D eigenvalue weighted by Crippen LogP contribution is -2.36. The first-order valence-electron chi connectivity index (χ1n) is 4.60. The van der Waals surface area contributed by atoms with Gasteiger partial charge in [-0.15, -0.1) is 0 Å². The van der Waals surface area contributed by atoms with Gasteiger partial charge < -0.3 is 9.84 Å². The second kappa shape index (κ2) is 2.46. The Labute approximate surface area is 67.6 Å². The van der Waals surface area contributed by atoms with Crippen molar-refractivity contribution >= 4 is 0 Å². The monoisotopic (exact) mass is 156 g/mol. The number of hydrogen-bond acceptors (Lipinski definition) is 2. The van der Waals surface area contributed by atoms with Crippen LogP contribution in [0.2, 0.25) is 0 Å². The van der Waals surface area contributed by atoms with Crippen LogP contribution in [0.4, 0.5) is 0 Å². The highest BCUT2D eigenvalue weighted by Crippen LogP contribution is 2.48. The van der Waals surface area contributed by atoms with Crippen molar-refractivity contribution in [2.45, 2.75) is 56.8 Å². The van der Waals surface area contributed by atoms with Gasteiger partial charge in [0, 0.05) is 6.42 Å². The van der Waals surface area contributed by atoms with E-state index >= 15 is 0 Å². The Kier molecular flexibility index (Phi) is 1.69. The Hall–Kier alpha value is -0.0800. The van der Waals surface area contributed by atoms with E-state index in [-0.39, 0.29) is 11.7 Å². The van der Waals surface area contributed by atoms with E-state index in [0.29, 0.717) is 6.10 Å². The highest BCUT2D eigenvalue weighted by molar-refractivity contribution is 5.01. The summed E-state index contributed by atoms with van der Waals surface area (Å²) in [5.74, 6) is 0. The molecular weight excluding hydrogens is 140 g/mol. The summed E-state index contributed by atoms with van der Waals surface area (Å²) in [5.41, 5.74) is 0.123. The Morgan fingerprint density at radius 1 is 1.55 bits per heavy atom. The third-order valence-electron chi connectivity index (χ3n) is 2.82. The largest absolute Gasteiger partial charge is 0.393 e. The van der Waals surface area contributed by atoms with Crippen LogP contribution in [0.5, 0.6) is 0 Å². The molecule has 2 fully saturated rings. The van der Waals surface area contributed by atoms with Crippen molar-refractivity contribution in [2.24, 2.45) is 0 Å². The fourth-order valence-corrected chi connectivity index (χ4v) is 1.98. The SMILES string of the molecule is CCC1CC(O)CC2(CC2)O1. The third kappa shape index (κ3) is 1.42. The minimum absolute atomic E-state index is 0.101. The van der Waals surface area contributed by atoms with E-state index < -0.39 is 0 Å². The minimum Gasteiger partial charge on any atom is -0.393 e. The van der Waals surface area contributed by atoms with Gasteiger partial charge in [-0.05, 0) is 25.7 Å². The molecule has 1 N–H and O–H groups in total. The quantitative estimate of drug-likeness (QED) is 0.623. The molecular formula is C9H16O2. The van der Waals surface area contributed by atoms with Crippen molar-refractivity contribution in [3.05, 3.63) is 0 Å². The number of ether oxygens (including phenoxy) is 1. The fourth-order valence-electron chi connectivity index (χ4n) is 1.98. The van der Waals surface area contributed by atoms with Crippen LogP contribution < -0.4 is 0 Å². The number of aliphatic hydroxyl groups is 1. The normalized spacial score (nSPS) is 40.9. The predicted molar refractivity (Wildman–Crippen MR) is 42.4 cm³/mol. The van der Waals surface area contributed by atoms with Gasteiger partial charge in [0.1, 0.15) is 0 Å². The zero-order valence-corrected chi connectivity index (χ0v) is 7.05. The van der Waals surface area contributed by atoms with Gasteiger partial charge in [0.2, 0.25) is 0 Å². The molecule has 1 saturated heterocycles. The van der Waals surface area contributed by atoms with Crippen molar-refractivity contribution < 1.29 is 9.84 Å². The van der Waals surface area contributed by atoms with E-state index in [0.717, 1.165) is 19.3 Å². The topological polar surface area (TPSA) is 29.5 Å². The molecule has 0 amide bonds. The standard InChI is InChI=1S/C9H16O2/c1-2-8-5-7(10)6-9(11-8)3-4-9/h7-8,10H,2-6H2,1H3. The summed E-state index contributed by atoms with van der Waals surface area (Å²) in [4.78, 5) is 0. The average molecular weight is 156 g/mol. The molecule has 0 aromatic carbocycles. The molecule has 2 nitrogen and oxygen atoms in total. The minimum atomic E-state index is -0.101. The van der Waals surface area contributed by atoms with E-state index in [9.17, 15) is 5.11 Å². The van der Waals surface area contributed by atoms with Crippen LogP contribution in [0.3, 0.4) is 0 Å². The molecule has 2 heteroatoms. The Balaban J connectivity index is 1.97. The number of rotatable bonds is 1. The first kappa shape index (κ1) is 7.56. The van der Waals surface area contributed by atoms with Gasteiger partial charge in [-0.3, -0.25) is 0 Å². The van der Waals surface area contributed by atoms with Gasteiger partial charge in [0.15, 0.2) is 0 Å².